The Hall–Kier alpha value is -1.38. The van der Waals surface area contributed by atoms with Gasteiger partial charge in [0.25, 0.3) is 0 Å². The van der Waals surface area contributed by atoms with Gasteiger partial charge in [-0.1, -0.05) is 93.1 Å². The van der Waals surface area contributed by atoms with Crippen LogP contribution in [-0.2, 0) is 5.41 Å². The van der Waals surface area contributed by atoms with Crippen LogP contribution in [0.4, 0.5) is 0 Å². The van der Waals surface area contributed by atoms with E-state index < -0.39 is 0 Å². The summed E-state index contributed by atoms with van der Waals surface area (Å²) < 4.78 is 0. The summed E-state index contributed by atoms with van der Waals surface area (Å²) in [5.41, 5.74) is 2.02. The van der Waals surface area contributed by atoms with E-state index in [-0.39, 0.29) is 16.9 Å². The van der Waals surface area contributed by atoms with E-state index >= 15 is 0 Å². The van der Waals surface area contributed by atoms with Crippen LogP contribution in [0, 0.1) is 0 Å². The van der Waals surface area contributed by atoms with Crippen molar-refractivity contribution in [3.63, 3.8) is 0 Å². The molecule has 0 saturated heterocycles. The fraction of sp³-hybridized carbons (Fsp3) is 0.500. The summed E-state index contributed by atoms with van der Waals surface area (Å²) in [7, 11) is 0. The van der Waals surface area contributed by atoms with Gasteiger partial charge in [-0.25, -0.2) is 0 Å². The quantitative estimate of drug-likeness (QED) is 0.516. The lowest BCUT2D eigenvalue weighted by Gasteiger charge is -2.36. The maximum Gasteiger partial charge on any atom is 0.134 e. The summed E-state index contributed by atoms with van der Waals surface area (Å²) >= 11 is 12.6. The first-order valence-electron chi connectivity index (χ1n) is 10.5. The molecule has 2 nitrogen and oxygen atoms in total. The highest BCUT2D eigenvalue weighted by Crippen LogP contribution is 2.45. The standard InChI is InChI=1S/C24H30Cl2O2/c25-20-16-18(10-12-22(20)27)24(19-11-13-23(28)21(26)17-19)14-8-6-4-2-1-3-5-7-9-15-24/h10-13,16-17,27-28H,1-9,14-15H2. The molecule has 0 atom stereocenters. The van der Waals surface area contributed by atoms with E-state index in [4.69, 9.17) is 23.2 Å². The fourth-order valence-electron chi connectivity index (χ4n) is 4.57. The number of phenolic OH excluding ortho intramolecular Hbond substituents is 2. The zero-order chi connectivity index (χ0) is 20.0. The van der Waals surface area contributed by atoms with Gasteiger partial charge in [-0.2, -0.15) is 0 Å². The number of aromatic hydroxyl groups is 2. The van der Waals surface area contributed by atoms with Gasteiger partial charge in [0, 0.05) is 5.41 Å². The van der Waals surface area contributed by atoms with Crippen LogP contribution in [0.5, 0.6) is 11.5 Å². The van der Waals surface area contributed by atoms with Gasteiger partial charge in [0.15, 0.2) is 0 Å². The summed E-state index contributed by atoms with van der Waals surface area (Å²) in [6.45, 7) is 0. The van der Waals surface area contributed by atoms with E-state index in [1.165, 1.54) is 44.9 Å². The minimum atomic E-state index is -0.214. The van der Waals surface area contributed by atoms with E-state index in [2.05, 4.69) is 0 Å². The van der Waals surface area contributed by atoms with E-state index in [1.54, 1.807) is 12.1 Å². The average molecular weight is 421 g/mol. The second-order valence-electron chi connectivity index (χ2n) is 8.10. The summed E-state index contributed by atoms with van der Waals surface area (Å²) in [4.78, 5) is 0. The van der Waals surface area contributed by atoms with Crippen LogP contribution in [0.2, 0.25) is 10.0 Å². The molecular weight excluding hydrogens is 391 g/mol. The molecule has 3 rings (SSSR count). The van der Waals surface area contributed by atoms with E-state index in [1.807, 2.05) is 24.3 Å². The van der Waals surface area contributed by atoms with Crippen molar-refractivity contribution in [3.8, 4) is 11.5 Å². The number of hydrogen-bond donors (Lipinski definition) is 2. The van der Waals surface area contributed by atoms with Gasteiger partial charge in [0.2, 0.25) is 0 Å². The van der Waals surface area contributed by atoms with Gasteiger partial charge < -0.3 is 10.2 Å². The summed E-state index contributed by atoms with van der Waals surface area (Å²) in [6, 6.07) is 11.2. The van der Waals surface area contributed by atoms with E-state index in [9.17, 15) is 10.2 Å². The predicted octanol–water partition coefficient (Wildman–Crippen LogP) is 8.00. The van der Waals surface area contributed by atoms with Crippen LogP contribution in [-0.4, -0.2) is 10.2 Å². The number of benzene rings is 2. The van der Waals surface area contributed by atoms with Gasteiger partial charge in [-0.05, 0) is 48.2 Å². The van der Waals surface area contributed by atoms with Gasteiger partial charge >= 0.3 is 0 Å². The first-order valence-corrected chi connectivity index (χ1v) is 11.3. The number of phenols is 2. The van der Waals surface area contributed by atoms with Crippen LogP contribution in [0.1, 0.15) is 81.8 Å². The van der Waals surface area contributed by atoms with Crippen molar-refractivity contribution < 1.29 is 10.2 Å². The predicted molar refractivity (Wildman–Crippen MR) is 118 cm³/mol. The van der Waals surface area contributed by atoms with E-state index in [0.29, 0.717) is 10.0 Å². The monoisotopic (exact) mass is 420 g/mol. The highest BCUT2D eigenvalue weighted by atomic mass is 35.5. The molecular formula is C24H30Cl2O2. The van der Waals surface area contributed by atoms with E-state index in [0.717, 1.165) is 36.8 Å². The molecule has 0 aliphatic heterocycles. The Labute approximate surface area is 178 Å². The fourth-order valence-corrected chi connectivity index (χ4v) is 4.93. The Balaban J connectivity index is 2.06. The Morgan fingerprint density at radius 2 is 0.929 bits per heavy atom. The highest BCUT2D eigenvalue weighted by molar-refractivity contribution is 6.32. The maximum atomic E-state index is 9.94. The normalized spacial score (nSPS) is 18.8. The molecule has 1 fully saturated rings. The van der Waals surface area contributed by atoms with Crippen LogP contribution >= 0.6 is 23.2 Å². The molecule has 2 aromatic carbocycles. The molecule has 0 radical (unpaired) electrons. The van der Waals surface area contributed by atoms with Crippen LogP contribution < -0.4 is 0 Å². The Bertz CT molecular complexity index is 723. The second-order valence-corrected chi connectivity index (χ2v) is 8.91. The van der Waals surface area contributed by atoms with Crippen molar-refractivity contribution in [2.75, 3.05) is 0 Å². The van der Waals surface area contributed by atoms with Crippen molar-refractivity contribution in [1.82, 2.24) is 0 Å². The van der Waals surface area contributed by atoms with Crippen LogP contribution in [0.15, 0.2) is 36.4 Å². The zero-order valence-corrected chi connectivity index (χ0v) is 17.9. The molecule has 0 bridgehead atoms. The second kappa shape index (κ2) is 9.89. The molecule has 2 aromatic rings. The van der Waals surface area contributed by atoms with Gasteiger partial charge in [0.05, 0.1) is 10.0 Å². The first kappa shape index (κ1) is 21.3. The van der Waals surface area contributed by atoms with Crippen molar-refractivity contribution in [3.05, 3.63) is 57.6 Å². The molecule has 0 heterocycles. The molecule has 4 heteroatoms. The van der Waals surface area contributed by atoms with Crippen molar-refractivity contribution in [1.29, 1.82) is 0 Å². The molecule has 152 valence electrons. The third-order valence-corrected chi connectivity index (χ3v) is 6.81. The molecule has 0 aromatic heterocycles. The summed E-state index contributed by atoms with van der Waals surface area (Å²) in [5, 5.41) is 20.6. The number of halogens is 2. The lowest BCUT2D eigenvalue weighted by Crippen LogP contribution is -2.28. The van der Waals surface area contributed by atoms with Crippen LogP contribution in [0.3, 0.4) is 0 Å². The lowest BCUT2D eigenvalue weighted by atomic mass is 9.67. The van der Waals surface area contributed by atoms with Gasteiger partial charge in [-0.15, -0.1) is 0 Å². The van der Waals surface area contributed by atoms with Gasteiger partial charge in [0.1, 0.15) is 11.5 Å². The lowest BCUT2D eigenvalue weighted by molar-refractivity contribution is 0.381. The zero-order valence-electron chi connectivity index (χ0n) is 16.4. The molecule has 0 amide bonds. The first-order chi connectivity index (χ1) is 13.5. The topological polar surface area (TPSA) is 40.5 Å². The number of hydrogen-bond acceptors (Lipinski definition) is 2. The smallest absolute Gasteiger partial charge is 0.134 e. The SMILES string of the molecule is Oc1ccc(C2(c3ccc(O)c(Cl)c3)CCCCCCCCCCC2)cc1Cl. The van der Waals surface area contributed by atoms with Crippen molar-refractivity contribution >= 4 is 23.2 Å². The molecule has 1 aliphatic carbocycles. The largest absolute Gasteiger partial charge is 0.506 e. The number of rotatable bonds is 2. The highest BCUT2D eigenvalue weighted by Gasteiger charge is 2.34. The molecule has 28 heavy (non-hydrogen) atoms. The maximum absolute atomic E-state index is 9.94. The Morgan fingerprint density at radius 1 is 0.571 bits per heavy atom. The van der Waals surface area contributed by atoms with Crippen molar-refractivity contribution in [2.24, 2.45) is 0 Å². The van der Waals surface area contributed by atoms with Crippen molar-refractivity contribution in [2.45, 2.75) is 76.0 Å². The Morgan fingerprint density at radius 3 is 1.29 bits per heavy atom. The third kappa shape index (κ3) is 4.96. The van der Waals surface area contributed by atoms with Crippen LogP contribution in [0.25, 0.3) is 0 Å². The minimum absolute atomic E-state index is 0.109. The minimum Gasteiger partial charge on any atom is -0.506 e. The molecule has 0 spiro atoms. The van der Waals surface area contributed by atoms with Gasteiger partial charge in [-0.3, -0.25) is 0 Å². The summed E-state index contributed by atoms with van der Waals surface area (Å²) in [5.74, 6) is 0.218. The molecule has 0 unspecified atom stereocenters. The average Bonchev–Trinajstić information content (AvgIpc) is 2.67. The molecule has 2 N–H and O–H groups in total. The molecule has 1 saturated carbocycles. The summed E-state index contributed by atoms with van der Waals surface area (Å²) in [6.07, 6.45) is 13.3. The third-order valence-electron chi connectivity index (χ3n) is 6.21. The molecule has 1 aliphatic rings. The Kier molecular flexibility index (Phi) is 7.54.